The summed E-state index contributed by atoms with van der Waals surface area (Å²) in [6.45, 7) is 0. The predicted octanol–water partition coefficient (Wildman–Crippen LogP) is 3.55. The fourth-order valence-corrected chi connectivity index (χ4v) is 2.72. The van der Waals surface area contributed by atoms with Gasteiger partial charge in [0, 0.05) is 17.3 Å². The van der Waals surface area contributed by atoms with E-state index in [2.05, 4.69) is 9.97 Å². The second-order valence-corrected chi connectivity index (χ2v) is 4.66. The molecular formula is C13H13ClN2. The van der Waals surface area contributed by atoms with Crippen LogP contribution in [0.15, 0.2) is 18.3 Å². The lowest BCUT2D eigenvalue weighted by molar-refractivity contribution is 0.709. The normalized spacial score (nSPS) is 15.8. The minimum absolute atomic E-state index is 0.785. The second-order valence-electron chi connectivity index (χ2n) is 4.29. The smallest absolute Gasteiger partial charge is 0.160 e. The third-order valence-electron chi connectivity index (χ3n) is 3.22. The van der Waals surface area contributed by atoms with Crippen molar-refractivity contribution in [1.82, 2.24) is 9.97 Å². The summed E-state index contributed by atoms with van der Waals surface area (Å²) < 4.78 is 0. The number of hydrogen-bond donors (Lipinski definition) is 0. The van der Waals surface area contributed by atoms with Gasteiger partial charge >= 0.3 is 0 Å². The molecule has 0 unspecified atom stereocenters. The Hall–Kier alpha value is -1.15. The van der Waals surface area contributed by atoms with Crippen LogP contribution in [0.2, 0.25) is 5.02 Å². The summed E-state index contributed by atoms with van der Waals surface area (Å²) in [5.41, 5.74) is 3.20. The summed E-state index contributed by atoms with van der Waals surface area (Å²) in [7, 11) is 0. The van der Waals surface area contributed by atoms with Gasteiger partial charge in [-0.1, -0.05) is 18.0 Å². The van der Waals surface area contributed by atoms with Crippen molar-refractivity contribution < 1.29 is 0 Å². The molecular weight excluding hydrogens is 220 g/mol. The van der Waals surface area contributed by atoms with E-state index in [1.54, 1.807) is 6.20 Å². The Labute approximate surface area is 99.7 Å². The molecule has 0 radical (unpaired) electrons. The third kappa shape index (κ3) is 1.57. The highest BCUT2D eigenvalue weighted by Crippen LogP contribution is 2.31. The molecule has 3 heteroatoms. The van der Waals surface area contributed by atoms with Crippen LogP contribution < -0.4 is 0 Å². The molecule has 2 aromatic rings. The first-order chi connectivity index (χ1) is 7.86. The summed E-state index contributed by atoms with van der Waals surface area (Å²) in [5.74, 6) is 0. The fraction of sp³-hybridized carbons (Fsp3) is 0.385. The Morgan fingerprint density at radius 2 is 2.00 bits per heavy atom. The average Bonchev–Trinajstić information content (AvgIpc) is 2.55. The van der Waals surface area contributed by atoms with E-state index in [0.29, 0.717) is 0 Å². The molecule has 0 spiro atoms. The van der Waals surface area contributed by atoms with Crippen molar-refractivity contribution in [2.24, 2.45) is 0 Å². The van der Waals surface area contributed by atoms with Crippen molar-refractivity contribution in [2.45, 2.75) is 32.1 Å². The molecule has 2 nitrogen and oxygen atoms in total. The molecule has 0 saturated carbocycles. The Morgan fingerprint density at radius 1 is 1.12 bits per heavy atom. The average molecular weight is 233 g/mol. The zero-order valence-corrected chi connectivity index (χ0v) is 9.80. The maximum atomic E-state index is 6.45. The Balaban J connectivity index is 2.29. The van der Waals surface area contributed by atoms with Gasteiger partial charge in [-0.25, -0.2) is 9.97 Å². The van der Waals surface area contributed by atoms with Gasteiger partial charge in [0.2, 0.25) is 0 Å². The monoisotopic (exact) mass is 232 g/mol. The van der Waals surface area contributed by atoms with Crippen molar-refractivity contribution in [2.75, 3.05) is 0 Å². The Kier molecular flexibility index (Phi) is 2.52. The van der Waals surface area contributed by atoms with Crippen molar-refractivity contribution in [3.63, 3.8) is 0 Å². The SMILES string of the molecule is Clc1c2c(nc3ncccc13)CCCCC2. The maximum absolute atomic E-state index is 6.45. The number of halogens is 1. The lowest BCUT2D eigenvalue weighted by Crippen LogP contribution is -1.99. The number of rotatable bonds is 0. The summed E-state index contributed by atoms with van der Waals surface area (Å²) in [6.07, 6.45) is 7.59. The Morgan fingerprint density at radius 3 is 2.94 bits per heavy atom. The molecule has 0 N–H and O–H groups in total. The molecule has 82 valence electrons. The van der Waals surface area contributed by atoms with Crippen LogP contribution in [-0.4, -0.2) is 9.97 Å². The molecule has 3 rings (SSSR count). The summed E-state index contributed by atoms with van der Waals surface area (Å²) in [5, 5.41) is 1.86. The van der Waals surface area contributed by atoms with E-state index >= 15 is 0 Å². The van der Waals surface area contributed by atoms with Crippen molar-refractivity contribution in [1.29, 1.82) is 0 Å². The van der Waals surface area contributed by atoms with Crippen LogP contribution in [0.4, 0.5) is 0 Å². The standard InChI is InChI=1S/C13H13ClN2/c14-12-9-5-2-1-3-7-11(9)16-13-10(12)6-4-8-15-13/h4,6,8H,1-3,5,7H2. The minimum Gasteiger partial charge on any atom is -0.237 e. The van der Waals surface area contributed by atoms with Crippen LogP contribution in [0.3, 0.4) is 0 Å². The van der Waals surface area contributed by atoms with E-state index < -0.39 is 0 Å². The molecule has 2 heterocycles. The number of aryl methyl sites for hydroxylation is 1. The van der Waals surface area contributed by atoms with Gasteiger partial charge < -0.3 is 0 Å². The first kappa shape index (κ1) is 10.0. The van der Waals surface area contributed by atoms with Gasteiger partial charge in [-0.2, -0.15) is 0 Å². The zero-order chi connectivity index (χ0) is 11.0. The molecule has 0 fully saturated rings. The van der Waals surface area contributed by atoms with Crippen LogP contribution in [-0.2, 0) is 12.8 Å². The maximum Gasteiger partial charge on any atom is 0.160 e. The minimum atomic E-state index is 0.785. The van der Waals surface area contributed by atoms with Crippen LogP contribution >= 0.6 is 11.6 Å². The molecule has 1 aliphatic rings. The summed E-state index contributed by atoms with van der Waals surface area (Å²) in [4.78, 5) is 8.93. The Bertz CT molecular complexity index is 537. The van der Waals surface area contributed by atoms with Gasteiger partial charge in [-0.3, -0.25) is 0 Å². The number of aromatic nitrogens is 2. The quantitative estimate of drug-likeness (QED) is 0.650. The molecule has 1 aliphatic carbocycles. The molecule has 0 saturated heterocycles. The first-order valence-electron chi connectivity index (χ1n) is 5.78. The highest BCUT2D eigenvalue weighted by molar-refractivity contribution is 6.36. The van der Waals surface area contributed by atoms with Gasteiger partial charge in [-0.05, 0) is 43.4 Å². The van der Waals surface area contributed by atoms with Crippen molar-refractivity contribution >= 4 is 22.6 Å². The molecule has 2 aromatic heterocycles. The summed E-state index contributed by atoms with van der Waals surface area (Å²) >= 11 is 6.45. The van der Waals surface area contributed by atoms with E-state index in [0.717, 1.165) is 34.6 Å². The number of hydrogen-bond acceptors (Lipinski definition) is 2. The second kappa shape index (κ2) is 4.02. The molecule has 0 aromatic carbocycles. The molecule has 0 aliphatic heterocycles. The van der Waals surface area contributed by atoms with Gasteiger partial charge in [0.05, 0.1) is 5.02 Å². The van der Waals surface area contributed by atoms with E-state index in [9.17, 15) is 0 Å². The van der Waals surface area contributed by atoms with E-state index in [-0.39, 0.29) is 0 Å². The number of pyridine rings is 2. The van der Waals surface area contributed by atoms with Crippen molar-refractivity contribution in [3.05, 3.63) is 34.6 Å². The molecule has 0 bridgehead atoms. The highest BCUT2D eigenvalue weighted by atomic mass is 35.5. The topological polar surface area (TPSA) is 25.8 Å². The number of nitrogens with zero attached hydrogens (tertiary/aromatic N) is 2. The molecule has 0 atom stereocenters. The molecule has 0 amide bonds. The van der Waals surface area contributed by atoms with E-state index in [4.69, 9.17) is 11.6 Å². The van der Waals surface area contributed by atoms with E-state index in [1.165, 1.54) is 24.8 Å². The lowest BCUT2D eigenvalue weighted by Gasteiger charge is -2.09. The van der Waals surface area contributed by atoms with Gasteiger partial charge in [-0.15, -0.1) is 0 Å². The lowest BCUT2D eigenvalue weighted by atomic mass is 10.1. The van der Waals surface area contributed by atoms with Gasteiger partial charge in [0.1, 0.15) is 0 Å². The fourth-order valence-electron chi connectivity index (χ4n) is 2.37. The van der Waals surface area contributed by atoms with Gasteiger partial charge in [0.15, 0.2) is 5.65 Å². The van der Waals surface area contributed by atoms with Crippen molar-refractivity contribution in [3.8, 4) is 0 Å². The van der Waals surface area contributed by atoms with Crippen LogP contribution in [0, 0.1) is 0 Å². The van der Waals surface area contributed by atoms with Crippen LogP contribution in [0.25, 0.3) is 11.0 Å². The predicted molar refractivity (Wildman–Crippen MR) is 65.8 cm³/mol. The van der Waals surface area contributed by atoms with Gasteiger partial charge in [0.25, 0.3) is 0 Å². The highest BCUT2D eigenvalue weighted by Gasteiger charge is 2.15. The third-order valence-corrected chi connectivity index (χ3v) is 3.65. The van der Waals surface area contributed by atoms with E-state index in [1.807, 2.05) is 12.1 Å². The number of fused-ring (bicyclic) bond motifs is 2. The largest absolute Gasteiger partial charge is 0.237 e. The molecule has 16 heavy (non-hydrogen) atoms. The zero-order valence-electron chi connectivity index (χ0n) is 9.04. The first-order valence-corrected chi connectivity index (χ1v) is 6.16. The summed E-state index contributed by atoms with van der Waals surface area (Å²) in [6, 6.07) is 3.92. The van der Waals surface area contributed by atoms with Crippen LogP contribution in [0.5, 0.6) is 0 Å². The van der Waals surface area contributed by atoms with Crippen LogP contribution in [0.1, 0.15) is 30.5 Å².